The number of alkyl halides is 1. The molecule has 1 atom stereocenters. The first kappa shape index (κ1) is 11.5. The van der Waals surface area contributed by atoms with Gasteiger partial charge in [-0.05, 0) is 27.6 Å². The van der Waals surface area contributed by atoms with Crippen LogP contribution in [0, 0.1) is 0 Å². The first-order chi connectivity index (χ1) is 7.18. The lowest BCUT2D eigenvalue weighted by molar-refractivity contribution is 1.18. The van der Waals surface area contributed by atoms with Crippen LogP contribution in [0.25, 0.3) is 0 Å². The second-order valence-corrected chi connectivity index (χ2v) is 6.02. The molecule has 0 saturated heterocycles. The minimum absolute atomic E-state index is 0.125. The maximum atomic E-state index is 6.35. The van der Waals surface area contributed by atoms with Crippen molar-refractivity contribution in [2.24, 2.45) is 0 Å². The second-order valence-electron chi connectivity index (χ2n) is 3.04. The Hall–Kier alpha value is -0.0200. The summed E-state index contributed by atoms with van der Waals surface area (Å²) in [4.78, 5) is 1.06. The van der Waals surface area contributed by atoms with Gasteiger partial charge in [-0.15, -0.1) is 22.9 Å². The van der Waals surface area contributed by atoms with Gasteiger partial charge in [0, 0.05) is 9.35 Å². The SMILES string of the molecule is Clc1sc(C(Cl)c2ccccc2)cc1Br. The number of thiophene rings is 1. The van der Waals surface area contributed by atoms with Crippen molar-refractivity contribution >= 4 is 50.5 Å². The maximum Gasteiger partial charge on any atom is 0.107 e. The van der Waals surface area contributed by atoms with Crippen LogP contribution in [0.4, 0.5) is 0 Å². The average Bonchev–Trinajstić information content (AvgIpc) is 2.59. The van der Waals surface area contributed by atoms with Gasteiger partial charge in [-0.1, -0.05) is 41.9 Å². The molecule has 15 heavy (non-hydrogen) atoms. The van der Waals surface area contributed by atoms with Crippen LogP contribution in [0.15, 0.2) is 40.9 Å². The van der Waals surface area contributed by atoms with Gasteiger partial charge in [-0.25, -0.2) is 0 Å². The molecule has 0 spiro atoms. The summed E-state index contributed by atoms with van der Waals surface area (Å²) in [5, 5.41) is -0.125. The monoisotopic (exact) mass is 320 g/mol. The topological polar surface area (TPSA) is 0 Å². The van der Waals surface area contributed by atoms with E-state index >= 15 is 0 Å². The summed E-state index contributed by atoms with van der Waals surface area (Å²) in [5.74, 6) is 0. The Balaban J connectivity index is 2.32. The predicted molar refractivity (Wildman–Crippen MR) is 71.2 cm³/mol. The Kier molecular flexibility index (Phi) is 3.73. The van der Waals surface area contributed by atoms with Gasteiger partial charge < -0.3 is 0 Å². The van der Waals surface area contributed by atoms with Crippen LogP contribution >= 0.6 is 50.5 Å². The van der Waals surface area contributed by atoms with Crippen LogP contribution in [0.3, 0.4) is 0 Å². The lowest BCUT2D eigenvalue weighted by Crippen LogP contribution is -1.88. The van der Waals surface area contributed by atoms with Crippen LogP contribution in [-0.2, 0) is 0 Å². The molecule has 1 unspecified atom stereocenters. The zero-order valence-corrected chi connectivity index (χ0v) is 11.5. The number of benzene rings is 1. The van der Waals surface area contributed by atoms with E-state index < -0.39 is 0 Å². The molecule has 78 valence electrons. The predicted octanol–water partition coefficient (Wildman–Crippen LogP) is 5.49. The van der Waals surface area contributed by atoms with Gasteiger partial charge in [0.1, 0.15) is 4.34 Å². The third-order valence-corrected chi connectivity index (χ3v) is 5.16. The molecule has 0 fully saturated rings. The molecule has 1 aromatic carbocycles. The summed E-state index contributed by atoms with van der Waals surface area (Å²) in [6.45, 7) is 0. The van der Waals surface area contributed by atoms with E-state index in [1.165, 1.54) is 11.3 Å². The van der Waals surface area contributed by atoms with E-state index in [0.29, 0.717) is 0 Å². The molecule has 0 N–H and O–H groups in total. The highest BCUT2D eigenvalue weighted by Gasteiger charge is 2.14. The lowest BCUT2D eigenvalue weighted by Gasteiger charge is -2.06. The van der Waals surface area contributed by atoms with Crippen molar-refractivity contribution in [2.75, 3.05) is 0 Å². The van der Waals surface area contributed by atoms with Crippen LogP contribution < -0.4 is 0 Å². The van der Waals surface area contributed by atoms with E-state index in [1.807, 2.05) is 36.4 Å². The van der Waals surface area contributed by atoms with Crippen molar-refractivity contribution in [3.05, 3.63) is 55.6 Å². The third kappa shape index (κ3) is 2.56. The van der Waals surface area contributed by atoms with Crippen LogP contribution in [-0.4, -0.2) is 0 Å². The zero-order valence-electron chi connectivity index (χ0n) is 7.58. The number of hydrogen-bond acceptors (Lipinski definition) is 1. The van der Waals surface area contributed by atoms with Gasteiger partial charge in [0.15, 0.2) is 0 Å². The normalized spacial score (nSPS) is 12.7. The molecule has 0 saturated carbocycles. The smallest absolute Gasteiger partial charge is 0.107 e. The summed E-state index contributed by atoms with van der Waals surface area (Å²) in [7, 11) is 0. The van der Waals surface area contributed by atoms with Gasteiger partial charge >= 0.3 is 0 Å². The molecule has 2 rings (SSSR count). The fourth-order valence-electron chi connectivity index (χ4n) is 1.27. The van der Waals surface area contributed by atoms with E-state index in [1.54, 1.807) is 0 Å². The van der Waals surface area contributed by atoms with E-state index in [0.717, 1.165) is 19.2 Å². The summed E-state index contributed by atoms with van der Waals surface area (Å²) < 4.78 is 1.65. The number of rotatable bonds is 2. The van der Waals surface area contributed by atoms with E-state index in [9.17, 15) is 0 Å². The lowest BCUT2D eigenvalue weighted by atomic mass is 10.1. The molecule has 0 bridgehead atoms. The average molecular weight is 322 g/mol. The largest absolute Gasteiger partial charge is 0.125 e. The summed E-state index contributed by atoms with van der Waals surface area (Å²) >= 11 is 17.2. The van der Waals surface area contributed by atoms with Gasteiger partial charge in [-0.3, -0.25) is 0 Å². The number of halogens is 3. The summed E-state index contributed by atoms with van der Waals surface area (Å²) in [5.41, 5.74) is 1.09. The van der Waals surface area contributed by atoms with Gasteiger partial charge in [-0.2, -0.15) is 0 Å². The van der Waals surface area contributed by atoms with Gasteiger partial charge in [0.25, 0.3) is 0 Å². The van der Waals surface area contributed by atoms with E-state index in [4.69, 9.17) is 23.2 Å². The molecular weight excluding hydrogens is 315 g/mol. The highest BCUT2D eigenvalue weighted by atomic mass is 79.9. The standard InChI is InChI=1S/C11H7BrCl2S/c12-8-6-9(15-11(8)14)10(13)7-4-2-1-3-5-7/h1-6,10H. The molecule has 2 aromatic rings. The molecule has 0 aliphatic carbocycles. The van der Waals surface area contributed by atoms with Crippen LogP contribution in [0.5, 0.6) is 0 Å². The van der Waals surface area contributed by atoms with Crippen LogP contribution in [0.1, 0.15) is 15.8 Å². The van der Waals surface area contributed by atoms with Crippen molar-refractivity contribution < 1.29 is 0 Å². The van der Waals surface area contributed by atoms with Crippen molar-refractivity contribution in [2.45, 2.75) is 5.38 Å². The molecular formula is C11H7BrCl2S. The molecule has 0 radical (unpaired) electrons. The molecule has 0 aliphatic rings. The zero-order chi connectivity index (χ0) is 10.8. The van der Waals surface area contributed by atoms with Crippen molar-refractivity contribution in [3.63, 3.8) is 0 Å². The minimum Gasteiger partial charge on any atom is -0.125 e. The van der Waals surface area contributed by atoms with Gasteiger partial charge in [0.05, 0.1) is 5.38 Å². The molecule has 0 amide bonds. The third-order valence-electron chi connectivity index (χ3n) is 2.01. The molecule has 1 aromatic heterocycles. The summed E-state index contributed by atoms with van der Waals surface area (Å²) in [6.07, 6.45) is 0. The minimum atomic E-state index is -0.125. The van der Waals surface area contributed by atoms with Crippen LogP contribution in [0.2, 0.25) is 4.34 Å². The van der Waals surface area contributed by atoms with E-state index in [-0.39, 0.29) is 5.38 Å². The fraction of sp³-hybridized carbons (Fsp3) is 0.0909. The molecule has 0 nitrogen and oxygen atoms in total. The number of hydrogen-bond donors (Lipinski definition) is 0. The van der Waals surface area contributed by atoms with Crippen molar-refractivity contribution in [1.82, 2.24) is 0 Å². The maximum absolute atomic E-state index is 6.35. The quantitative estimate of drug-likeness (QED) is 0.641. The van der Waals surface area contributed by atoms with Crippen molar-refractivity contribution in [3.8, 4) is 0 Å². The highest BCUT2D eigenvalue weighted by Crippen LogP contribution is 2.39. The molecule has 1 heterocycles. The van der Waals surface area contributed by atoms with E-state index in [2.05, 4.69) is 15.9 Å². The Morgan fingerprint density at radius 2 is 1.87 bits per heavy atom. The summed E-state index contributed by atoms with van der Waals surface area (Å²) in [6, 6.07) is 11.9. The Bertz CT molecular complexity index is 433. The molecule has 0 aliphatic heterocycles. The van der Waals surface area contributed by atoms with Crippen molar-refractivity contribution in [1.29, 1.82) is 0 Å². The highest BCUT2D eigenvalue weighted by molar-refractivity contribution is 9.10. The van der Waals surface area contributed by atoms with Gasteiger partial charge in [0.2, 0.25) is 0 Å². The first-order valence-electron chi connectivity index (χ1n) is 4.32. The first-order valence-corrected chi connectivity index (χ1v) is 6.74. The Morgan fingerprint density at radius 3 is 2.40 bits per heavy atom. The molecule has 4 heteroatoms. The fourth-order valence-corrected chi connectivity index (χ4v) is 3.36. The second kappa shape index (κ2) is 4.88. The Labute approximate surface area is 111 Å². The Morgan fingerprint density at radius 1 is 1.20 bits per heavy atom.